The lowest BCUT2D eigenvalue weighted by atomic mass is 9.81. The maximum Gasteiger partial charge on any atom is 0.107 e. The van der Waals surface area contributed by atoms with E-state index in [1.807, 2.05) is 6.08 Å². The van der Waals surface area contributed by atoms with E-state index in [0.29, 0.717) is 0 Å². The fourth-order valence-corrected chi connectivity index (χ4v) is 1.95. The molecule has 0 fully saturated rings. The normalized spacial score (nSPS) is 22.6. The van der Waals surface area contributed by atoms with Gasteiger partial charge >= 0.3 is 0 Å². The van der Waals surface area contributed by atoms with Gasteiger partial charge < -0.3 is 5.41 Å². The standard InChI is InChI=1S/C12H14BN/c13-11-5-1-9(2-6-11)10-3-7-12(14)8-4-10/h1,3,5,14H,2,4,6-8H2. The second kappa shape index (κ2) is 3.99. The molecule has 0 aliphatic heterocycles. The largest absolute Gasteiger partial charge is 0.309 e. The highest BCUT2D eigenvalue weighted by molar-refractivity contribution is 6.21. The molecule has 0 saturated heterocycles. The van der Waals surface area contributed by atoms with Gasteiger partial charge in [-0.2, -0.15) is 0 Å². The highest BCUT2D eigenvalue weighted by Gasteiger charge is 2.12. The van der Waals surface area contributed by atoms with Crippen LogP contribution in [0.4, 0.5) is 0 Å². The van der Waals surface area contributed by atoms with Crippen molar-refractivity contribution in [3.05, 3.63) is 34.8 Å². The van der Waals surface area contributed by atoms with Crippen LogP contribution in [-0.4, -0.2) is 13.6 Å². The molecule has 2 radical (unpaired) electrons. The van der Waals surface area contributed by atoms with Crippen molar-refractivity contribution < 1.29 is 0 Å². The predicted octanol–water partition coefficient (Wildman–Crippen LogP) is 2.89. The molecule has 0 aromatic heterocycles. The second-order valence-electron chi connectivity index (χ2n) is 3.97. The molecule has 0 aromatic carbocycles. The van der Waals surface area contributed by atoms with Gasteiger partial charge in [0.1, 0.15) is 7.85 Å². The van der Waals surface area contributed by atoms with Crippen molar-refractivity contribution in [3.8, 4) is 0 Å². The van der Waals surface area contributed by atoms with E-state index in [-0.39, 0.29) is 0 Å². The first-order valence-electron chi connectivity index (χ1n) is 5.16. The molecule has 70 valence electrons. The van der Waals surface area contributed by atoms with Crippen LogP contribution in [0.1, 0.15) is 32.1 Å². The van der Waals surface area contributed by atoms with Gasteiger partial charge in [-0.1, -0.05) is 18.2 Å². The SMILES string of the molecule is [B]C1=CC=C(C2=CCC(=N)CC2)CC1. The molecule has 0 heterocycles. The van der Waals surface area contributed by atoms with Crippen LogP contribution in [0.5, 0.6) is 0 Å². The second-order valence-corrected chi connectivity index (χ2v) is 3.97. The van der Waals surface area contributed by atoms with Gasteiger partial charge in [-0.25, -0.2) is 0 Å². The van der Waals surface area contributed by atoms with Crippen molar-refractivity contribution in [1.82, 2.24) is 0 Å². The maximum absolute atomic E-state index is 7.53. The van der Waals surface area contributed by atoms with Crippen molar-refractivity contribution in [2.45, 2.75) is 32.1 Å². The highest BCUT2D eigenvalue weighted by atomic mass is 14.4. The van der Waals surface area contributed by atoms with Gasteiger partial charge in [0.05, 0.1) is 0 Å². The fourth-order valence-electron chi connectivity index (χ4n) is 1.95. The number of rotatable bonds is 1. The van der Waals surface area contributed by atoms with Gasteiger partial charge in [-0.3, -0.25) is 0 Å². The average Bonchev–Trinajstić information content (AvgIpc) is 2.21. The topological polar surface area (TPSA) is 23.9 Å². The molecule has 0 atom stereocenters. The van der Waals surface area contributed by atoms with E-state index < -0.39 is 0 Å². The van der Waals surface area contributed by atoms with Gasteiger partial charge in [0, 0.05) is 12.1 Å². The Balaban J connectivity index is 2.13. The Morgan fingerprint density at radius 2 is 1.79 bits per heavy atom. The third kappa shape index (κ3) is 2.06. The highest BCUT2D eigenvalue weighted by Crippen LogP contribution is 2.28. The first-order chi connectivity index (χ1) is 6.75. The summed E-state index contributed by atoms with van der Waals surface area (Å²) in [6.07, 6.45) is 11.2. The van der Waals surface area contributed by atoms with E-state index in [9.17, 15) is 0 Å². The Bertz CT molecular complexity index is 347. The molecule has 2 aliphatic carbocycles. The number of hydrogen-bond donors (Lipinski definition) is 1. The third-order valence-corrected chi connectivity index (χ3v) is 2.89. The molecular weight excluding hydrogens is 169 g/mol. The third-order valence-electron chi connectivity index (χ3n) is 2.89. The fraction of sp³-hybridized carbons (Fsp3) is 0.417. The molecule has 0 aromatic rings. The van der Waals surface area contributed by atoms with E-state index in [0.717, 1.165) is 43.3 Å². The molecule has 1 N–H and O–H groups in total. The smallest absolute Gasteiger partial charge is 0.107 e. The molecule has 0 spiro atoms. The summed E-state index contributed by atoms with van der Waals surface area (Å²) in [6.45, 7) is 0. The van der Waals surface area contributed by atoms with E-state index in [1.54, 1.807) is 0 Å². The Hall–Kier alpha value is -1.05. The summed E-state index contributed by atoms with van der Waals surface area (Å²) in [5.74, 6) is 0. The van der Waals surface area contributed by atoms with Gasteiger partial charge in [0.15, 0.2) is 0 Å². The molecule has 0 bridgehead atoms. The van der Waals surface area contributed by atoms with Crippen LogP contribution in [0, 0.1) is 5.41 Å². The summed E-state index contributed by atoms with van der Waals surface area (Å²) in [4.78, 5) is 0. The van der Waals surface area contributed by atoms with E-state index in [4.69, 9.17) is 13.3 Å². The quantitative estimate of drug-likeness (QED) is 0.604. The molecule has 1 nitrogen and oxygen atoms in total. The minimum atomic E-state index is 0.839. The molecule has 14 heavy (non-hydrogen) atoms. The Labute approximate surface area is 86.5 Å². The lowest BCUT2D eigenvalue weighted by Gasteiger charge is -2.19. The summed E-state index contributed by atoms with van der Waals surface area (Å²) < 4.78 is 0. The number of nitrogens with one attached hydrogen (secondary N) is 1. The molecule has 0 unspecified atom stereocenters. The monoisotopic (exact) mass is 183 g/mol. The van der Waals surface area contributed by atoms with Crippen LogP contribution in [0.2, 0.25) is 0 Å². The van der Waals surface area contributed by atoms with Crippen molar-refractivity contribution in [2.24, 2.45) is 0 Å². The molecule has 2 rings (SSSR count). The summed E-state index contributed by atoms with van der Waals surface area (Å²) in [5, 5.41) is 7.53. The zero-order valence-electron chi connectivity index (χ0n) is 8.34. The summed E-state index contributed by atoms with van der Waals surface area (Å²) in [7, 11) is 5.71. The van der Waals surface area contributed by atoms with E-state index in [2.05, 4.69) is 12.2 Å². The van der Waals surface area contributed by atoms with E-state index >= 15 is 0 Å². The molecular formula is C12H14BN. The van der Waals surface area contributed by atoms with Gasteiger partial charge in [-0.15, -0.1) is 5.47 Å². The van der Waals surface area contributed by atoms with E-state index in [1.165, 1.54) is 11.1 Å². The maximum atomic E-state index is 7.53. The summed E-state index contributed by atoms with van der Waals surface area (Å²) in [6, 6.07) is 0. The average molecular weight is 183 g/mol. The van der Waals surface area contributed by atoms with Crippen molar-refractivity contribution in [1.29, 1.82) is 5.41 Å². The van der Waals surface area contributed by atoms with Crippen LogP contribution < -0.4 is 0 Å². The molecule has 2 heteroatoms. The lowest BCUT2D eigenvalue weighted by molar-refractivity contribution is 0.883. The lowest BCUT2D eigenvalue weighted by Crippen LogP contribution is -2.06. The Morgan fingerprint density at radius 1 is 1.00 bits per heavy atom. The van der Waals surface area contributed by atoms with Crippen molar-refractivity contribution in [3.63, 3.8) is 0 Å². The zero-order chi connectivity index (χ0) is 9.97. The van der Waals surface area contributed by atoms with Crippen molar-refractivity contribution in [2.75, 3.05) is 0 Å². The van der Waals surface area contributed by atoms with Gasteiger partial charge in [-0.05, 0) is 36.8 Å². The zero-order valence-corrected chi connectivity index (χ0v) is 8.34. The van der Waals surface area contributed by atoms with Crippen LogP contribution >= 0.6 is 0 Å². The molecule has 0 amide bonds. The first-order valence-corrected chi connectivity index (χ1v) is 5.16. The van der Waals surface area contributed by atoms with Gasteiger partial charge in [0.2, 0.25) is 0 Å². The number of allylic oxidation sites excluding steroid dienone is 6. The first kappa shape index (κ1) is 9.51. The predicted molar refractivity (Wildman–Crippen MR) is 60.8 cm³/mol. The molecule has 0 saturated carbocycles. The Kier molecular flexibility index (Phi) is 2.71. The molecule has 2 aliphatic rings. The summed E-state index contributed by atoms with van der Waals surface area (Å²) >= 11 is 0. The van der Waals surface area contributed by atoms with Crippen LogP contribution in [0.3, 0.4) is 0 Å². The number of hydrogen-bond acceptors (Lipinski definition) is 1. The van der Waals surface area contributed by atoms with Gasteiger partial charge in [0.25, 0.3) is 0 Å². The Morgan fingerprint density at radius 3 is 2.36 bits per heavy atom. The minimum absolute atomic E-state index is 0.839. The van der Waals surface area contributed by atoms with Crippen LogP contribution in [0.15, 0.2) is 34.8 Å². The summed E-state index contributed by atoms with van der Waals surface area (Å²) in [5.41, 5.74) is 4.70. The van der Waals surface area contributed by atoms with Crippen LogP contribution in [-0.2, 0) is 0 Å². The van der Waals surface area contributed by atoms with Crippen molar-refractivity contribution >= 4 is 13.6 Å². The minimum Gasteiger partial charge on any atom is -0.309 e. The van der Waals surface area contributed by atoms with Crippen LogP contribution in [0.25, 0.3) is 0 Å².